The molecule has 0 unspecified atom stereocenters. The number of amides is 1. The minimum Gasteiger partial charge on any atom is -0.489 e. The average molecular weight is 252 g/mol. The topological polar surface area (TPSA) is 76.1 Å². The summed E-state index contributed by atoms with van der Waals surface area (Å²) in [7, 11) is 0. The maximum atomic E-state index is 10.9. The van der Waals surface area contributed by atoms with Gasteiger partial charge in [-0.3, -0.25) is 4.79 Å². The van der Waals surface area contributed by atoms with Gasteiger partial charge in [-0.05, 0) is 30.3 Å². The second-order valence-electron chi connectivity index (χ2n) is 3.95. The molecule has 19 heavy (non-hydrogen) atoms. The Morgan fingerprint density at radius 1 is 1.16 bits per heavy atom. The number of rotatable bonds is 4. The first-order valence-corrected chi connectivity index (χ1v) is 5.71. The van der Waals surface area contributed by atoms with Crippen LogP contribution >= 0.6 is 0 Å². The van der Waals surface area contributed by atoms with Crippen molar-refractivity contribution in [2.24, 2.45) is 5.73 Å². The number of primary amides is 1. The van der Waals surface area contributed by atoms with Gasteiger partial charge < -0.3 is 10.5 Å². The Morgan fingerprint density at radius 2 is 1.84 bits per heavy atom. The highest BCUT2D eigenvalue weighted by molar-refractivity contribution is 5.92. The summed E-state index contributed by atoms with van der Waals surface area (Å²) < 4.78 is 5.57. The van der Waals surface area contributed by atoms with Crippen molar-refractivity contribution in [1.82, 2.24) is 0 Å². The Kier molecular flexibility index (Phi) is 3.79. The summed E-state index contributed by atoms with van der Waals surface area (Å²) >= 11 is 0. The zero-order valence-electron chi connectivity index (χ0n) is 10.2. The lowest BCUT2D eigenvalue weighted by molar-refractivity contribution is 0.100. The average Bonchev–Trinajstić information content (AvgIpc) is 2.45. The summed E-state index contributed by atoms with van der Waals surface area (Å²) in [6, 6.07) is 15.9. The van der Waals surface area contributed by atoms with Crippen LogP contribution in [0.1, 0.15) is 21.5 Å². The minimum absolute atomic E-state index is 0.305. The fourth-order valence-corrected chi connectivity index (χ4v) is 1.63. The molecule has 94 valence electrons. The summed E-state index contributed by atoms with van der Waals surface area (Å²) in [4.78, 5) is 10.9. The highest BCUT2D eigenvalue weighted by atomic mass is 16.5. The predicted octanol–water partition coefficient (Wildman–Crippen LogP) is 2.24. The number of ether oxygens (including phenoxy) is 1. The molecular formula is C15H12N2O2. The summed E-state index contributed by atoms with van der Waals surface area (Å²) in [5.74, 6) is 0.152. The van der Waals surface area contributed by atoms with E-state index in [1.54, 1.807) is 30.3 Å². The first kappa shape index (κ1) is 12.7. The van der Waals surface area contributed by atoms with Crippen molar-refractivity contribution < 1.29 is 9.53 Å². The maximum Gasteiger partial charge on any atom is 0.248 e. The van der Waals surface area contributed by atoms with Gasteiger partial charge in [-0.1, -0.05) is 18.2 Å². The standard InChI is InChI=1S/C15H12N2O2/c16-9-12-3-1-2-4-13(12)10-19-14-7-5-11(6-8-14)15(17)18/h1-8H,10H2,(H2,17,18). The lowest BCUT2D eigenvalue weighted by Crippen LogP contribution is -2.10. The quantitative estimate of drug-likeness (QED) is 0.906. The Bertz CT molecular complexity index is 627. The fourth-order valence-electron chi connectivity index (χ4n) is 1.63. The van der Waals surface area contributed by atoms with Gasteiger partial charge in [0, 0.05) is 11.1 Å². The first-order chi connectivity index (χ1) is 9.20. The van der Waals surface area contributed by atoms with Gasteiger partial charge in [-0.25, -0.2) is 0 Å². The van der Waals surface area contributed by atoms with Crippen molar-refractivity contribution in [2.45, 2.75) is 6.61 Å². The van der Waals surface area contributed by atoms with Crippen LogP contribution in [0.15, 0.2) is 48.5 Å². The minimum atomic E-state index is -0.471. The van der Waals surface area contributed by atoms with Crippen molar-refractivity contribution in [3.05, 3.63) is 65.2 Å². The molecular weight excluding hydrogens is 240 g/mol. The molecule has 1 amide bonds. The Morgan fingerprint density at radius 3 is 2.47 bits per heavy atom. The van der Waals surface area contributed by atoms with Crippen LogP contribution in [-0.2, 0) is 6.61 Å². The number of hydrogen-bond donors (Lipinski definition) is 1. The first-order valence-electron chi connectivity index (χ1n) is 5.71. The lowest BCUT2D eigenvalue weighted by Gasteiger charge is -2.07. The van der Waals surface area contributed by atoms with Gasteiger partial charge in [-0.2, -0.15) is 5.26 Å². The zero-order chi connectivity index (χ0) is 13.7. The molecule has 0 aliphatic rings. The van der Waals surface area contributed by atoms with Crippen molar-refractivity contribution in [3.8, 4) is 11.8 Å². The monoisotopic (exact) mass is 252 g/mol. The van der Waals surface area contributed by atoms with E-state index in [2.05, 4.69) is 6.07 Å². The molecule has 2 aromatic rings. The third kappa shape index (κ3) is 3.11. The molecule has 2 aromatic carbocycles. The van der Waals surface area contributed by atoms with Crippen LogP contribution in [0.5, 0.6) is 5.75 Å². The van der Waals surface area contributed by atoms with E-state index in [4.69, 9.17) is 15.7 Å². The molecule has 0 saturated heterocycles. The number of nitrogens with two attached hydrogens (primary N) is 1. The van der Waals surface area contributed by atoms with E-state index in [0.29, 0.717) is 23.5 Å². The van der Waals surface area contributed by atoms with Crippen molar-refractivity contribution >= 4 is 5.91 Å². The van der Waals surface area contributed by atoms with Gasteiger partial charge in [0.1, 0.15) is 12.4 Å². The zero-order valence-corrected chi connectivity index (χ0v) is 10.2. The third-order valence-corrected chi connectivity index (χ3v) is 2.67. The number of carbonyl (C=O) groups is 1. The van der Waals surface area contributed by atoms with Gasteiger partial charge in [-0.15, -0.1) is 0 Å². The molecule has 0 aliphatic carbocycles. The van der Waals surface area contributed by atoms with Crippen LogP contribution in [0.2, 0.25) is 0 Å². The van der Waals surface area contributed by atoms with E-state index in [-0.39, 0.29) is 0 Å². The van der Waals surface area contributed by atoms with Crippen LogP contribution in [0.25, 0.3) is 0 Å². The lowest BCUT2D eigenvalue weighted by atomic mass is 10.1. The Balaban J connectivity index is 2.06. The maximum absolute atomic E-state index is 10.9. The Hall–Kier alpha value is -2.80. The van der Waals surface area contributed by atoms with Crippen LogP contribution in [0.4, 0.5) is 0 Å². The van der Waals surface area contributed by atoms with Gasteiger partial charge in [0.2, 0.25) is 5.91 Å². The molecule has 0 heterocycles. The molecule has 4 nitrogen and oxygen atoms in total. The molecule has 2 rings (SSSR count). The van der Waals surface area contributed by atoms with E-state index in [1.165, 1.54) is 0 Å². The van der Waals surface area contributed by atoms with Crippen LogP contribution < -0.4 is 10.5 Å². The number of nitriles is 1. The summed E-state index contributed by atoms with van der Waals surface area (Å²) in [5.41, 5.74) is 7.00. The molecule has 0 radical (unpaired) electrons. The highest BCUT2D eigenvalue weighted by Crippen LogP contribution is 2.15. The molecule has 0 spiro atoms. The van der Waals surface area contributed by atoms with Crippen molar-refractivity contribution in [1.29, 1.82) is 5.26 Å². The molecule has 0 bridgehead atoms. The molecule has 0 atom stereocenters. The van der Waals surface area contributed by atoms with E-state index >= 15 is 0 Å². The molecule has 0 aliphatic heterocycles. The second kappa shape index (κ2) is 5.69. The van der Waals surface area contributed by atoms with Crippen LogP contribution in [0, 0.1) is 11.3 Å². The van der Waals surface area contributed by atoms with Gasteiger partial charge in [0.15, 0.2) is 0 Å². The highest BCUT2D eigenvalue weighted by Gasteiger charge is 2.03. The number of carbonyl (C=O) groups excluding carboxylic acids is 1. The van der Waals surface area contributed by atoms with Gasteiger partial charge in [0.25, 0.3) is 0 Å². The largest absolute Gasteiger partial charge is 0.489 e. The second-order valence-corrected chi connectivity index (χ2v) is 3.95. The Labute approximate surface area is 111 Å². The summed E-state index contributed by atoms with van der Waals surface area (Å²) in [6.07, 6.45) is 0. The van der Waals surface area contributed by atoms with E-state index in [9.17, 15) is 4.79 Å². The number of benzene rings is 2. The SMILES string of the molecule is N#Cc1ccccc1COc1ccc(C(N)=O)cc1. The molecule has 0 saturated carbocycles. The van der Waals surface area contributed by atoms with Crippen LogP contribution in [-0.4, -0.2) is 5.91 Å². The fraction of sp³-hybridized carbons (Fsp3) is 0.0667. The predicted molar refractivity (Wildman–Crippen MR) is 70.4 cm³/mol. The molecule has 2 N–H and O–H groups in total. The smallest absolute Gasteiger partial charge is 0.248 e. The van der Waals surface area contributed by atoms with E-state index in [1.807, 2.05) is 18.2 Å². The number of hydrogen-bond acceptors (Lipinski definition) is 3. The van der Waals surface area contributed by atoms with E-state index < -0.39 is 5.91 Å². The van der Waals surface area contributed by atoms with Gasteiger partial charge >= 0.3 is 0 Å². The molecule has 0 aromatic heterocycles. The number of nitrogens with zero attached hydrogens (tertiary/aromatic N) is 1. The van der Waals surface area contributed by atoms with E-state index in [0.717, 1.165) is 5.56 Å². The van der Waals surface area contributed by atoms with Gasteiger partial charge in [0.05, 0.1) is 11.6 Å². The summed E-state index contributed by atoms with van der Waals surface area (Å²) in [5, 5.41) is 8.96. The summed E-state index contributed by atoms with van der Waals surface area (Å²) in [6.45, 7) is 0.305. The normalized spacial score (nSPS) is 9.63. The van der Waals surface area contributed by atoms with Crippen molar-refractivity contribution in [2.75, 3.05) is 0 Å². The molecule has 4 heteroatoms. The van der Waals surface area contributed by atoms with Crippen LogP contribution in [0.3, 0.4) is 0 Å². The third-order valence-electron chi connectivity index (χ3n) is 2.67. The molecule has 0 fully saturated rings. The van der Waals surface area contributed by atoms with Crippen molar-refractivity contribution in [3.63, 3.8) is 0 Å².